The Kier molecular flexibility index (Phi) is 4.14. The van der Waals surface area contributed by atoms with Gasteiger partial charge in [0.15, 0.2) is 0 Å². The van der Waals surface area contributed by atoms with Gasteiger partial charge in [0.1, 0.15) is 0 Å². The molecule has 2 heteroatoms. The Hall–Kier alpha value is -1.96. The minimum atomic E-state index is 1.02. The Bertz CT molecular complexity index is 649. The van der Waals surface area contributed by atoms with E-state index in [9.17, 15) is 0 Å². The maximum atomic E-state index is 5.06. The number of aliphatic imine (C=N–C) groups is 1. The fourth-order valence-electron chi connectivity index (χ4n) is 3.07. The molecule has 0 unspecified atom stereocenters. The first kappa shape index (κ1) is 14.0. The largest absolute Gasteiger partial charge is 0.255 e. The van der Waals surface area contributed by atoms with Crippen molar-refractivity contribution in [3.05, 3.63) is 58.9 Å². The van der Waals surface area contributed by atoms with Crippen LogP contribution in [0.4, 0.5) is 5.69 Å². The molecule has 1 aromatic carbocycles. The first-order chi connectivity index (χ1) is 10.3. The second-order valence-electron chi connectivity index (χ2n) is 5.56. The highest BCUT2D eigenvalue weighted by Crippen LogP contribution is 2.29. The minimum absolute atomic E-state index is 1.02. The number of benzene rings is 1. The SMILES string of the molecule is CCc1cccc(CC)c1N=C1CCCc2cccnc21. The van der Waals surface area contributed by atoms with Gasteiger partial charge in [0.25, 0.3) is 0 Å². The van der Waals surface area contributed by atoms with Crippen molar-refractivity contribution in [3.8, 4) is 0 Å². The number of aromatic nitrogens is 1. The van der Waals surface area contributed by atoms with Crippen LogP contribution >= 0.6 is 0 Å². The highest BCUT2D eigenvalue weighted by molar-refractivity contribution is 6.02. The van der Waals surface area contributed by atoms with Crippen molar-refractivity contribution in [3.63, 3.8) is 0 Å². The lowest BCUT2D eigenvalue weighted by atomic mass is 9.94. The first-order valence-electron chi connectivity index (χ1n) is 7.96. The molecule has 0 atom stereocenters. The third kappa shape index (κ3) is 2.76. The molecule has 21 heavy (non-hydrogen) atoms. The lowest BCUT2D eigenvalue weighted by Crippen LogP contribution is -2.13. The van der Waals surface area contributed by atoms with E-state index in [1.807, 2.05) is 12.3 Å². The predicted molar refractivity (Wildman–Crippen MR) is 88.6 cm³/mol. The number of rotatable bonds is 3. The van der Waals surface area contributed by atoms with Gasteiger partial charge < -0.3 is 0 Å². The van der Waals surface area contributed by atoms with Crippen LogP contribution in [0.25, 0.3) is 0 Å². The van der Waals surface area contributed by atoms with Gasteiger partial charge in [-0.25, -0.2) is 0 Å². The van der Waals surface area contributed by atoms with Crippen LogP contribution in [-0.4, -0.2) is 10.7 Å². The van der Waals surface area contributed by atoms with Crippen molar-refractivity contribution in [1.82, 2.24) is 4.98 Å². The van der Waals surface area contributed by atoms with Gasteiger partial charge in [-0.2, -0.15) is 0 Å². The summed E-state index contributed by atoms with van der Waals surface area (Å²) in [6.07, 6.45) is 7.26. The lowest BCUT2D eigenvalue weighted by Gasteiger charge is -2.18. The quantitative estimate of drug-likeness (QED) is 0.801. The zero-order chi connectivity index (χ0) is 14.7. The summed E-state index contributed by atoms with van der Waals surface area (Å²) in [5.74, 6) is 0. The zero-order valence-electron chi connectivity index (χ0n) is 12.9. The summed E-state index contributed by atoms with van der Waals surface area (Å²) in [4.78, 5) is 9.63. The monoisotopic (exact) mass is 278 g/mol. The number of fused-ring (bicyclic) bond motifs is 1. The van der Waals surface area contributed by atoms with Gasteiger partial charge in [-0.1, -0.05) is 38.1 Å². The van der Waals surface area contributed by atoms with Crippen LogP contribution in [0, 0.1) is 0 Å². The average molecular weight is 278 g/mol. The van der Waals surface area contributed by atoms with E-state index in [2.05, 4.69) is 43.1 Å². The molecule has 0 radical (unpaired) electrons. The fourth-order valence-corrected chi connectivity index (χ4v) is 3.07. The Morgan fingerprint density at radius 2 is 1.76 bits per heavy atom. The molecule has 1 aliphatic rings. The molecule has 0 saturated heterocycles. The van der Waals surface area contributed by atoms with Crippen LogP contribution in [0.1, 0.15) is 49.1 Å². The molecule has 2 aromatic rings. The standard InChI is InChI=1S/C19H22N2/c1-3-14-8-5-9-15(4-2)18(14)21-17-12-6-10-16-11-7-13-20-19(16)17/h5,7-9,11,13H,3-4,6,10,12H2,1-2H3. The van der Waals surface area contributed by atoms with Crippen molar-refractivity contribution in [1.29, 1.82) is 0 Å². The third-order valence-electron chi connectivity index (χ3n) is 4.24. The van der Waals surface area contributed by atoms with Crippen LogP contribution in [-0.2, 0) is 19.3 Å². The van der Waals surface area contributed by atoms with Gasteiger partial charge in [-0.15, -0.1) is 0 Å². The third-order valence-corrected chi connectivity index (χ3v) is 4.24. The Morgan fingerprint density at radius 3 is 2.48 bits per heavy atom. The van der Waals surface area contributed by atoms with E-state index in [1.165, 1.54) is 28.8 Å². The first-order valence-corrected chi connectivity index (χ1v) is 7.96. The number of aryl methyl sites for hydroxylation is 3. The summed E-state index contributed by atoms with van der Waals surface area (Å²) < 4.78 is 0. The van der Waals surface area contributed by atoms with Gasteiger partial charge in [0, 0.05) is 6.20 Å². The summed E-state index contributed by atoms with van der Waals surface area (Å²) >= 11 is 0. The molecule has 0 amide bonds. The molecule has 3 rings (SSSR count). The van der Waals surface area contributed by atoms with E-state index in [0.717, 1.165) is 37.1 Å². The van der Waals surface area contributed by atoms with E-state index in [-0.39, 0.29) is 0 Å². The number of para-hydroxylation sites is 1. The zero-order valence-corrected chi connectivity index (χ0v) is 12.9. The smallest absolute Gasteiger partial charge is 0.0876 e. The van der Waals surface area contributed by atoms with Gasteiger partial charge >= 0.3 is 0 Å². The fraction of sp³-hybridized carbons (Fsp3) is 0.368. The molecule has 1 aliphatic carbocycles. The molecule has 108 valence electrons. The summed E-state index contributed by atoms with van der Waals surface area (Å²) in [5, 5.41) is 0. The second kappa shape index (κ2) is 6.21. The van der Waals surface area contributed by atoms with Crippen molar-refractivity contribution >= 4 is 11.4 Å². The number of hydrogen-bond acceptors (Lipinski definition) is 2. The Balaban J connectivity index is 2.12. The van der Waals surface area contributed by atoms with E-state index in [1.54, 1.807) is 0 Å². The van der Waals surface area contributed by atoms with Gasteiger partial charge in [0.2, 0.25) is 0 Å². The second-order valence-corrected chi connectivity index (χ2v) is 5.56. The summed E-state index contributed by atoms with van der Waals surface area (Å²) in [7, 11) is 0. The maximum Gasteiger partial charge on any atom is 0.0876 e. The van der Waals surface area contributed by atoms with Gasteiger partial charge in [0.05, 0.1) is 17.1 Å². The van der Waals surface area contributed by atoms with Crippen LogP contribution < -0.4 is 0 Å². The lowest BCUT2D eigenvalue weighted by molar-refractivity contribution is 0.826. The van der Waals surface area contributed by atoms with Gasteiger partial charge in [-0.3, -0.25) is 9.98 Å². The van der Waals surface area contributed by atoms with E-state index in [0.29, 0.717) is 0 Å². The number of pyridine rings is 1. The molecule has 0 bridgehead atoms. The number of hydrogen-bond donors (Lipinski definition) is 0. The molecular weight excluding hydrogens is 256 g/mol. The van der Waals surface area contributed by atoms with E-state index < -0.39 is 0 Å². The maximum absolute atomic E-state index is 5.06. The van der Waals surface area contributed by atoms with Crippen LogP contribution in [0.2, 0.25) is 0 Å². The molecule has 1 heterocycles. The summed E-state index contributed by atoms with van der Waals surface area (Å²) in [6, 6.07) is 10.7. The molecule has 1 aromatic heterocycles. The Labute approximate surface area is 127 Å². The van der Waals surface area contributed by atoms with Crippen molar-refractivity contribution in [2.75, 3.05) is 0 Å². The van der Waals surface area contributed by atoms with Crippen LogP contribution in [0.15, 0.2) is 41.5 Å². The molecule has 0 fully saturated rings. The highest BCUT2D eigenvalue weighted by Gasteiger charge is 2.17. The van der Waals surface area contributed by atoms with Crippen molar-refractivity contribution in [2.45, 2.75) is 46.0 Å². The molecule has 0 spiro atoms. The minimum Gasteiger partial charge on any atom is -0.255 e. The summed E-state index contributed by atoms with van der Waals surface area (Å²) in [5.41, 5.74) is 7.46. The van der Waals surface area contributed by atoms with E-state index >= 15 is 0 Å². The normalized spacial score (nSPS) is 16.0. The number of nitrogens with zero attached hydrogens (tertiary/aromatic N) is 2. The van der Waals surface area contributed by atoms with Crippen LogP contribution in [0.5, 0.6) is 0 Å². The van der Waals surface area contributed by atoms with E-state index in [4.69, 9.17) is 4.99 Å². The van der Waals surface area contributed by atoms with Gasteiger partial charge in [-0.05, 0) is 54.9 Å². The van der Waals surface area contributed by atoms with Crippen molar-refractivity contribution < 1.29 is 0 Å². The molecule has 0 saturated carbocycles. The topological polar surface area (TPSA) is 25.2 Å². The highest BCUT2D eigenvalue weighted by atomic mass is 14.8. The van der Waals surface area contributed by atoms with Crippen LogP contribution in [0.3, 0.4) is 0 Å². The molecule has 0 N–H and O–H groups in total. The summed E-state index contributed by atoms with van der Waals surface area (Å²) in [6.45, 7) is 4.40. The van der Waals surface area contributed by atoms with Crippen molar-refractivity contribution in [2.24, 2.45) is 4.99 Å². The molecule has 2 nitrogen and oxygen atoms in total. The Morgan fingerprint density at radius 1 is 1.00 bits per heavy atom. The molecular formula is C19H22N2. The molecule has 0 aliphatic heterocycles. The predicted octanol–water partition coefficient (Wildman–Crippen LogP) is 4.66. The average Bonchev–Trinajstić information content (AvgIpc) is 2.55.